The second-order valence-electron chi connectivity index (χ2n) is 5.87. The predicted octanol–water partition coefficient (Wildman–Crippen LogP) is 1.92. The highest BCUT2D eigenvalue weighted by Crippen LogP contribution is 2.46. The van der Waals surface area contributed by atoms with Crippen LogP contribution in [0.2, 0.25) is 0 Å². The van der Waals surface area contributed by atoms with Crippen molar-refractivity contribution in [2.45, 2.75) is 37.3 Å². The van der Waals surface area contributed by atoms with Gasteiger partial charge in [-0.15, -0.1) is 0 Å². The normalized spacial score (nSPS) is 31.6. The van der Waals surface area contributed by atoms with Gasteiger partial charge < -0.3 is 14.7 Å². The Kier molecular flexibility index (Phi) is 2.83. The van der Waals surface area contributed by atoms with Gasteiger partial charge in [0.1, 0.15) is 5.75 Å². The number of likely N-dealkylation sites (N-methyl/N-ethyl adjacent to an activating group) is 1. The van der Waals surface area contributed by atoms with Crippen LogP contribution in [0.1, 0.15) is 30.4 Å². The van der Waals surface area contributed by atoms with E-state index in [1.54, 1.807) is 7.11 Å². The fourth-order valence-corrected chi connectivity index (χ4v) is 3.75. The number of rotatable bonds is 1. The summed E-state index contributed by atoms with van der Waals surface area (Å²) in [6.45, 7) is 2.04. The molecule has 98 valence electrons. The number of aliphatic hydroxyl groups excluding tert-OH is 1. The fraction of sp³-hybridized carbons (Fsp3) is 0.600. The monoisotopic (exact) mass is 247 g/mol. The van der Waals surface area contributed by atoms with Gasteiger partial charge in [0.05, 0.1) is 13.2 Å². The number of aliphatic hydroxyl groups is 1. The van der Waals surface area contributed by atoms with Crippen molar-refractivity contribution in [2.75, 3.05) is 20.7 Å². The Morgan fingerprint density at radius 2 is 2.28 bits per heavy atom. The van der Waals surface area contributed by atoms with Gasteiger partial charge in [0.15, 0.2) is 0 Å². The number of methoxy groups -OCH3 is 1. The molecule has 0 amide bonds. The zero-order valence-electron chi connectivity index (χ0n) is 11.1. The zero-order chi connectivity index (χ0) is 12.8. The summed E-state index contributed by atoms with van der Waals surface area (Å²) >= 11 is 0. The average molecular weight is 247 g/mol. The van der Waals surface area contributed by atoms with Crippen molar-refractivity contribution in [2.24, 2.45) is 0 Å². The fourth-order valence-electron chi connectivity index (χ4n) is 3.75. The van der Waals surface area contributed by atoms with Gasteiger partial charge in [-0.25, -0.2) is 0 Å². The molecule has 1 heterocycles. The molecule has 3 nitrogen and oxygen atoms in total. The predicted molar refractivity (Wildman–Crippen MR) is 70.9 cm³/mol. The molecule has 1 saturated carbocycles. The molecule has 1 aliphatic heterocycles. The Labute approximate surface area is 108 Å². The number of benzene rings is 1. The van der Waals surface area contributed by atoms with E-state index in [-0.39, 0.29) is 11.5 Å². The average Bonchev–Trinajstić information content (AvgIpc) is 2.71. The van der Waals surface area contributed by atoms with Crippen molar-refractivity contribution < 1.29 is 9.84 Å². The summed E-state index contributed by atoms with van der Waals surface area (Å²) in [6.07, 6.45) is 2.75. The summed E-state index contributed by atoms with van der Waals surface area (Å²) in [4.78, 5) is 2.37. The van der Waals surface area contributed by atoms with E-state index in [9.17, 15) is 5.11 Å². The molecular weight excluding hydrogens is 226 g/mol. The number of hydrogen-bond donors (Lipinski definition) is 1. The lowest BCUT2D eigenvalue weighted by atomic mass is 9.73. The Balaban J connectivity index is 2.07. The Bertz CT molecular complexity index is 460. The van der Waals surface area contributed by atoms with E-state index >= 15 is 0 Å². The SMILES string of the molecule is COc1ccc2c(c1)C1(CCC(O)C1)CN(C)C2. The van der Waals surface area contributed by atoms with Crippen LogP contribution in [-0.4, -0.2) is 36.8 Å². The van der Waals surface area contributed by atoms with Crippen LogP contribution in [0.25, 0.3) is 0 Å². The molecule has 0 aromatic heterocycles. The third-order valence-electron chi connectivity index (χ3n) is 4.48. The summed E-state index contributed by atoms with van der Waals surface area (Å²) < 4.78 is 5.36. The van der Waals surface area contributed by atoms with Gasteiger partial charge in [0.2, 0.25) is 0 Å². The quantitative estimate of drug-likeness (QED) is 0.823. The third-order valence-corrected chi connectivity index (χ3v) is 4.48. The second-order valence-corrected chi connectivity index (χ2v) is 5.87. The Morgan fingerprint density at radius 1 is 1.44 bits per heavy atom. The molecule has 0 saturated heterocycles. The van der Waals surface area contributed by atoms with Crippen molar-refractivity contribution in [3.8, 4) is 5.75 Å². The molecule has 1 fully saturated rings. The highest BCUT2D eigenvalue weighted by molar-refractivity contribution is 5.43. The van der Waals surface area contributed by atoms with Crippen LogP contribution in [-0.2, 0) is 12.0 Å². The summed E-state index contributed by atoms with van der Waals surface area (Å²) in [5.74, 6) is 0.930. The van der Waals surface area contributed by atoms with Crippen molar-refractivity contribution in [3.63, 3.8) is 0 Å². The first-order chi connectivity index (χ1) is 8.63. The van der Waals surface area contributed by atoms with Gasteiger partial charge in [0, 0.05) is 18.5 Å². The maximum atomic E-state index is 9.94. The lowest BCUT2D eigenvalue weighted by Crippen LogP contribution is -2.42. The summed E-state index contributed by atoms with van der Waals surface area (Å²) in [5.41, 5.74) is 2.92. The van der Waals surface area contributed by atoms with E-state index in [2.05, 4.69) is 24.1 Å². The number of hydrogen-bond acceptors (Lipinski definition) is 3. The minimum Gasteiger partial charge on any atom is -0.497 e. The molecule has 1 spiro atoms. The lowest BCUT2D eigenvalue weighted by molar-refractivity contribution is 0.155. The lowest BCUT2D eigenvalue weighted by Gasteiger charge is -2.41. The molecule has 0 bridgehead atoms. The summed E-state index contributed by atoms with van der Waals surface area (Å²) in [6, 6.07) is 6.40. The van der Waals surface area contributed by atoms with Gasteiger partial charge in [-0.3, -0.25) is 0 Å². The summed E-state index contributed by atoms with van der Waals surface area (Å²) in [7, 11) is 3.88. The summed E-state index contributed by atoms with van der Waals surface area (Å²) in [5, 5.41) is 9.94. The highest BCUT2D eigenvalue weighted by atomic mass is 16.5. The molecule has 2 atom stereocenters. The molecule has 1 N–H and O–H groups in total. The molecule has 2 unspecified atom stereocenters. The van der Waals surface area contributed by atoms with Crippen LogP contribution in [0.4, 0.5) is 0 Å². The highest BCUT2D eigenvalue weighted by Gasteiger charge is 2.44. The number of ether oxygens (including phenoxy) is 1. The van der Waals surface area contributed by atoms with Crippen LogP contribution in [0.5, 0.6) is 5.75 Å². The van der Waals surface area contributed by atoms with E-state index in [1.807, 2.05) is 6.07 Å². The minimum absolute atomic E-state index is 0.135. The standard InChI is InChI=1S/C15H21NO2/c1-16-9-11-3-4-13(18-2)7-14(11)15(10-16)6-5-12(17)8-15/h3-4,7,12,17H,5-6,8-10H2,1-2H3. The van der Waals surface area contributed by atoms with Crippen LogP contribution in [0, 0.1) is 0 Å². The molecule has 3 rings (SSSR count). The van der Waals surface area contributed by atoms with Gasteiger partial charge in [-0.1, -0.05) is 6.07 Å². The molecule has 2 aliphatic rings. The van der Waals surface area contributed by atoms with Crippen LogP contribution in [0.3, 0.4) is 0 Å². The van der Waals surface area contributed by atoms with Crippen LogP contribution >= 0.6 is 0 Å². The smallest absolute Gasteiger partial charge is 0.119 e. The van der Waals surface area contributed by atoms with Crippen molar-refractivity contribution in [1.82, 2.24) is 4.90 Å². The van der Waals surface area contributed by atoms with Gasteiger partial charge in [-0.2, -0.15) is 0 Å². The van der Waals surface area contributed by atoms with Crippen LogP contribution < -0.4 is 4.74 Å². The van der Waals surface area contributed by atoms with E-state index in [4.69, 9.17) is 4.74 Å². The van der Waals surface area contributed by atoms with Gasteiger partial charge in [0.25, 0.3) is 0 Å². The topological polar surface area (TPSA) is 32.7 Å². The maximum Gasteiger partial charge on any atom is 0.119 e. The van der Waals surface area contributed by atoms with E-state index < -0.39 is 0 Å². The first kappa shape index (κ1) is 12.0. The molecule has 3 heteroatoms. The third kappa shape index (κ3) is 1.82. The zero-order valence-corrected chi connectivity index (χ0v) is 11.1. The van der Waals surface area contributed by atoms with Crippen molar-refractivity contribution in [3.05, 3.63) is 29.3 Å². The van der Waals surface area contributed by atoms with Gasteiger partial charge in [-0.05, 0) is 49.6 Å². The Morgan fingerprint density at radius 3 is 2.94 bits per heavy atom. The molecule has 0 radical (unpaired) electrons. The van der Waals surface area contributed by atoms with Gasteiger partial charge >= 0.3 is 0 Å². The number of nitrogens with zero attached hydrogens (tertiary/aromatic N) is 1. The maximum absolute atomic E-state index is 9.94. The molecule has 1 aliphatic carbocycles. The van der Waals surface area contributed by atoms with Crippen molar-refractivity contribution >= 4 is 0 Å². The number of fused-ring (bicyclic) bond motifs is 2. The first-order valence-electron chi connectivity index (χ1n) is 6.67. The largest absolute Gasteiger partial charge is 0.497 e. The molecule has 1 aromatic carbocycles. The second kappa shape index (κ2) is 4.25. The van der Waals surface area contributed by atoms with Crippen molar-refractivity contribution in [1.29, 1.82) is 0 Å². The molecule has 1 aromatic rings. The van der Waals surface area contributed by atoms with E-state index in [0.717, 1.165) is 38.1 Å². The minimum atomic E-state index is -0.143. The Hall–Kier alpha value is -1.06. The van der Waals surface area contributed by atoms with E-state index in [0.29, 0.717) is 0 Å². The molecular formula is C15H21NO2. The molecule has 18 heavy (non-hydrogen) atoms. The van der Waals surface area contributed by atoms with Crippen LogP contribution in [0.15, 0.2) is 18.2 Å². The first-order valence-corrected chi connectivity index (χ1v) is 6.67. The van der Waals surface area contributed by atoms with E-state index in [1.165, 1.54) is 11.1 Å².